The molecule has 1 N–H and O–H groups in total. The molecule has 1 aromatic carbocycles. The molecule has 1 amide bonds. The number of rotatable bonds is 1. The number of hydrogen-bond donors (Lipinski definition) is 1. The maximum atomic E-state index is 13.4. The lowest BCUT2D eigenvalue weighted by molar-refractivity contribution is -0.0782. The number of hydrogen-bond acceptors (Lipinski definition) is 3. The summed E-state index contributed by atoms with van der Waals surface area (Å²) in [6, 6.07) is 1.42. The molecule has 0 aromatic heterocycles. The number of nitrogens with zero attached hydrogens (tertiary/aromatic N) is 1. The minimum Gasteiger partial charge on any atom is -0.389 e. The van der Waals surface area contributed by atoms with Gasteiger partial charge in [-0.2, -0.15) is 0 Å². The van der Waals surface area contributed by atoms with Gasteiger partial charge in [0.2, 0.25) is 0 Å². The van der Waals surface area contributed by atoms with Crippen LogP contribution < -0.4 is 0 Å². The van der Waals surface area contributed by atoms with Crippen LogP contribution in [0.15, 0.2) is 12.1 Å². The number of β-amino-alcohol motifs (C(OH)–C–C–N with tert-alkyl or cyclic N) is 1. The van der Waals surface area contributed by atoms with Gasteiger partial charge < -0.3 is 5.11 Å². The van der Waals surface area contributed by atoms with Crippen molar-refractivity contribution < 1.29 is 23.5 Å². The summed E-state index contributed by atoms with van der Waals surface area (Å²) < 4.78 is 26.5. The van der Waals surface area contributed by atoms with Gasteiger partial charge in [0.1, 0.15) is 24.3 Å². The molecule has 1 fully saturated rings. The van der Waals surface area contributed by atoms with Crippen molar-refractivity contribution >= 4 is 17.5 Å². The van der Waals surface area contributed by atoms with E-state index >= 15 is 0 Å². The van der Waals surface area contributed by atoms with E-state index in [0.717, 1.165) is 11.1 Å². The highest BCUT2D eigenvalue weighted by atomic mass is 35.5. The van der Waals surface area contributed by atoms with Gasteiger partial charge in [-0.15, -0.1) is 0 Å². The molecule has 1 saturated heterocycles. The summed E-state index contributed by atoms with van der Waals surface area (Å²) in [5.41, 5.74) is -0.485. The Kier molecular flexibility index (Phi) is 3.28. The number of aliphatic hydroxyl groups is 1. The lowest BCUT2D eigenvalue weighted by atomic mass is 10.2. The molecule has 92 valence electrons. The summed E-state index contributed by atoms with van der Waals surface area (Å²) in [6.45, 7) is -0.133. The molecular formula is C10H8ClF2NO3. The first-order valence-electron chi connectivity index (χ1n) is 4.76. The Bertz CT molecular complexity index is 469. The standard InChI is InChI=1S/C10H8ClF2NO3/c11-7-2-8(12)6(1-9(7)13)10(16)14-3-5(15)4-17-14/h1-2,5,15H,3-4H2. The Hall–Kier alpha value is -1.24. The van der Waals surface area contributed by atoms with Crippen LogP contribution in [0.3, 0.4) is 0 Å². The Balaban J connectivity index is 2.28. The highest BCUT2D eigenvalue weighted by Crippen LogP contribution is 2.21. The average Bonchev–Trinajstić information content (AvgIpc) is 2.69. The maximum absolute atomic E-state index is 13.4. The largest absolute Gasteiger partial charge is 0.389 e. The van der Waals surface area contributed by atoms with E-state index in [4.69, 9.17) is 21.5 Å². The van der Waals surface area contributed by atoms with E-state index < -0.39 is 34.2 Å². The smallest absolute Gasteiger partial charge is 0.280 e. The molecule has 0 radical (unpaired) electrons. The summed E-state index contributed by atoms with van der Waals surface area (Å²) in [7, 11) is 0. The van der Waals surface area contributed by atoms with Crippen molar-refractivity contribution in [2.75, 3.05) is 13.2 Å². The normalized spacial score (nSPS) is 19.8. The lowest BCUT2D eigenvalue weighted by Gasteiger charge is -2.14. The zero-order valence-electron chi connectivity index (χ0n) is 8.49. The molecule has 4 nitrogen and oxygen atoms in total. The zero-order chi connectivity index (χ0) is 12.6. The van der Waals surface area contributed by atoms with Gasteiger partial charge in [0.15, 0.2) is 0 Å². The van der Waals surface area contributed by atoms with Crippen LogP contribution in [0.25, 0.3) is 0 Å². The summed E-state index contributed by atoms with van der Waals surface area (Å²) >= 11 is 5.36. The number of carbonyl (C=O) groups excluding carboxylic acids is 1. The molecule has 0 saturated carbocycles. The molecule has 0 spiro atoms. The second-order valence-corrected chi connectivity index (χ2v) is 3.97. The van der Waals surface area contributed by atoms with Gasteiger partial charge in [0.25, 0.3) is 5.91 Å². The monoisotopic (exact) mass is 263 g/mol. The number of hydroxylamine groups is 2. The minimum atomic E-state index is -0.939. The first-order chi connectivity index (χ1) is 7.99. The van der Waals surface area contributed by atoms with Crippen LogP contribution in [0.4, 0.5) is 8.78 Å². The fourth-order valence-electron chi connectivity index (χ4n) is 1.44. The van der Waals surface area contributed by atoms with Crippen molar-refractivity contribution in [3.8, 4) is 0 Å². The van der Waals surface area contributed by atoms with Gasteiger partial charge >= 0.3 is 0 Å². The van der Waals surface area contributed by atoms with E-state index in [1.165, 1.54) is 0 Å². The predicted octanol–water partition coefficient (Wildman–Crippen LogP) is 1.37. The molecular weight excluding hydrogens is 256 g/mol. The molecule has 1 aliphatic heterocycles. The van der Waals surface area contributed by atoms with Crippen molar-refractivity contribution in [3.63, 3.8) is 0 Å². The van der Waals surface area contributed by atoms with Crippen LogP contribution in [-0.2, 0) is 4.84 Å². The third-order valence-corrected chi connectivity index (χ3v) is 2.56. The lowest BCUT2D eigenvalue weighted by Crippen LogP contribution is -2.29. The van der Waals surface area contributed by atoms with Crippen LogP contribution in [-0.4, -0.2) is 35.3 Å². The minimum absolute atomic E-state index is 0.0522. The Labute approximate surface area is 100 Å². The van der Waals surface area contributed by atoms with E-state index in [2.05, 4.69) is 0 Å². The van der Waals surface area contributed by atoms with E-state index in [9.17, 15) is 13.6 Å². The first-order valence-corrected chi connectivity index (χ1v) is 5.14. The first kappa shape index (κ1) is 12.2. The second kappa shape index (κ2) is 4.56. The van der Waals surface area contributed by atoms with Crippen molar-refractivity contribution in [1.29, 1.82) is 0 Å². The topological polar surface area (TPSA) is 49.8 Å². The third kappa shape index (κ3) is 2.38. The highest BCUT2D eigenvalue weighted by molar-refractivity contribution is 6.30. The molecule has 1 aliphatic rings. The average molecular weight is 264 g/mol. The van der Waals surface area contributed by atoms with Crippen molar-refractivity contribution in [3.05, 3.63) is 34.4 Å². The van der Waals surface area contributed by atoms with Crippen LogP contribution in [0.1, 0.15) is 10.4 Å². The SMILES string of the molecule is O=C(c1cc(F)c(Cl)cc1F)N1CC(O)CO1. The summed E-state index contributed by atoms with van der Waals surface area (Å²) in [5, 5.41) is 9.54. The van der Waals surface area contributed by atoms with Gasteiger partial charge in [-0.25, -0.2) is 13.8 Å². The zero-order valence-corrected chi connectivity index (χ0v) is 9.25. The van der Waals surface area contributed by atoms with Crippen molar-refractivity contribution in [2.24, 2.45) is 0 Å². The maximum Gasteiger partial charge on any atom is 0.280 e. The van der Waals surface area contributed by atoms with E-state index in [1.54, 1.807) is 0 Å². The van der Waals surface area contributed by atoms with E-state index in [0.29, 0.717) is 6.07 Å². The van der Waals surface area contributed by atoms with E-state index in [-0.39, 0.29) is 13.2 Å². The number of benzene rings is 1. The molecule has 2 rings (SSSR count). The Morgan fingerprint density at radius 2 is 2.18 bits per heavy atom. The Morgan fingerprint density at radius 1 is 1.47 bits per heavy atom. The fourth-order valence-corrected chi connectivity index (χ4v) is 1.59. The molecule has 1 aromatic rings. The van der Waals surface area contributed by atoms with Crippen LogP contribution in [0.2, 0.25) is 5.02 Å². The van der Waals surface area contributed by atoms with E-state index in [1.807, 2.05) is 0 Å². The second-order valence-electron chi connectivity index (χ2n) is 3.56. The molecule has 1 heterocycles. The van der Waals surface area contributed by atoms with Crippen molar-refractivity contribution in [2.45, 2.75) is 6.10 Å². The van der Waals surface area contributed by atoms with Crippen LogP contribution in [0.5, 0.6) is 0 Å². The van der Waals surface area contributed by atoms with Gasteiger partial charge in [0, 0.05) is 0 Å². The number of aliphatic hydroxyl groups excluding tert-OH is 1. The fraction of sp³-hybridized carbons (Fsp3) is 0.300. The summed E-state index contributed by atoms with van der Waals surface area (Å²) in [6.07, 6.45) is -0.820. The van der Waals surface area contributed by atoms with Crippen LogP contribution in [0, 0.1) is 11.6 Å². The van der Waals surface area contributed by atoms with Gasteiger partial charge in [-0.3, -0.25) is 9.63 Å². The molecule has 1 unspecified atom stereocenters. The van der Waals surface area contributed by atoms with Gasteiger partial charge in [0.05, 0.1) is 17.1 Å². The third-order valence-electron chi connectivity index (χ3n) is 2.27. The highest BCUT2D eigenvalue weighted by Gasteiger charge is 2.29. The van der Waals surface area contributed by atoms with Gasteiger partial charge in [-0.05, 0) is 12.1 Å². The molecule has 1 atom stereocenters. The Morgan fingerprint density at radius 3 is 2.76 bits per heavy atom. The molecule has 0 aliphatic carbocycles. The molecule has 0 bridgehead atoms. The van der Waals surface area contributed by atoms with Crippen LogP contribution >= 0.6 is 11.6 Å². The quantitative estimate of drug-likeness (QED) is 0.779. The predicted molar refractivity (Wildman–Crippen MR) is 54.4 cm³/mol. The molecule has 17 heavy (non-hydrogen) atoms. The number of carbonyl (C=O) groups is 1. The molecule has 7 heteroatoms. The summed E-state index contributed by atoms with van der Waals surface area (Å²) in [4.78, 5) is 16.5. The number of amides is 1. The number of halogens is 3. The van der Waals surface area contributed by atoms with Gasteiger partial charge in [-0.1, -0.05) is 11.6 Å². The van der Waals surface area contributed by atoms with Crippen molar-refractivity contribution in [1.82, 2.24) is 5.06 Å². The summed E-state index contributed by atoms with van der Waals surface area (Å²) in [5.74, 6) is -2.68.